The number of aryl methyl sites for hydroxylation is 1. The molecule has 18 heavy (non-hydrogen) atoms. The Hall–Kier alpha value is -1.69. The van der Waals surface area contributed by atoms with Crippen LogP contribution in [0.1, 0.15) is 18.3 Å². The van der Waals surface area contributed by atoms with Gasteiger partial charge in [-0.25, -0.2) is 9.97 Å². The Morgan fingerprint density at radius 1 is 1.33 bits per heavy atom. The number of anilines is 1. The van der Waals surface area contributed by atoms with Crippen molar-refractivity contribution in [1.82, 2.24) is 14.9 Å². The number of nitrogens with two attached hydrogens (primary N) is 1. The van der Waals surface area contributed by atoms with Gasteiger partial charge in [0.15, 0.2) is 0 Å². The highest BCUT2D eigenvalue weighted by Gasteiger charge is 2.18. The lowest BCUT2D eigenvalue weighted by molar-refractivity contribution is 0.270. The van der Waals surface area contributed by atoms with Crippen LogP contribution in [-0.2, 0) is 0 Å². The maximum atomic E-state index is 7.47. The zero-order valence-electron chi connectivity index (χ0n) is 11.0. The first-order valence-electron chi connectivity index (χ1n) is 6.27. The van der Waals surface area contributed by atoms with Gasteiger partial charge in [0.1, 0.15) is 11.5 Å². The van der Waals surface area contributed by atoms with E-state index in [-0.39, 0.29) is 5.84 Å². The van der Waals surface area contributed by atoms with Crippen LogP contribution in [0.5, 0.6) is 0 Å². The molecule has 0 atom stereocenters. The topological polar surface area (TPSA) is 82.1 Å². The minimum atomic E-state index is -0.00561. The van der Waals surface area contributed by atoms with E-state index in [1.165, 1.54) is 0 Å². The summed E-state index contributed by atoms with van der Waals surface area (Å²) in [6.45, 7) is 9.07. The second-order valence-corrected chi connectivity index (χ2v) is 4.53. The van der Waals surface area contributed by atoms with E-state index in [4.69, 9.17) is 11.1 Å². The predicted molar refractivity (Wildman–Crippen MR) is 72.1 cm³/mol. The maximum absolute atomic E-state index is 7.47. The molecule has 1 aromatic rings. The van der Waals surface area contributed by atoms with Crippen LogP contribution in [0.2, 0.25) is 0 Å². The second kappa shape index (κ2) is 5.30. The average Bonchev–Trinajstić information content (AvgIpc) is 2.38. The Bertz CT molecular complexity index is 436. The molecule has 0 saturated carbocycles. The van der Waals surface area contributed by atoms with E-state index in [0.29, 0.717) is 11.6 Å². The second-order valence-electron chi connectivity index (χ2n) is 4.53. The third-order valence-electron chi connectivity index (χ3n) is 3.22. The predicted octanol–water partition coefficient (Wildman–Crippen LogP) is 0.211. The molecular weight excluding hydrogens is 228 g/mol. The van der Waals surface area contributed by atoms with Gasteiger partial charge in [0.25, 0.3) is 0 Å². The number of hydrogen-bond acceptors (Lipinski definition) is 5. The first kappa shape index (κ1) is 12.8. The number of amidine groups is 1. The summed E-state index contributed by atoms with van der Waals surface area (Å²) < 4.78 is 0. The molecule has 0 unspecified atom stereocenters. The smallest absolute Gasteiger partial charge is 0.226 e. The molecule has 3 N–H and O–H groups in total. The van der Waals surface area contributed by atoms with E-state index in [0.717, 1.165) is 38.4 Å². The van der Waals surface area contributed by atoms with E-state index in [1.807, 2.05) is 6.92 Å². The molecule has 1 fully saturated rings. The molecule has 1 aromatic heterocycles. The van der Waals surface area contributed by atoms with Crippen molar-refractivity contribution in [2.24, 2.45) is 5.73 Å². The summed E-state index contributed by atoms with van der Waals surface area (Å²) in [5.74, 6) is 0.685. The van der Waals surface area contributed by atoms with Gasteiger partial charge in [0, 0.05) is 31.9 Å². The van der Waals surface area contributed by atoms with Gasteiger partial charge < -0.3 is 15.5 Å². The Balaban J connectivity index is 2.16. The van der Waals surface area contributed by atoms with Crippen LogP contribution in [0.25, 0.3) is 0 Å². The van der Waals surface area contributed by atoms with E-state index in [9.17, 15) is 0 Å². The molecule has 98 valence electrons. The lowest BCUT2D eigenvalue weighted by Crippen LogP contribution is -2.47. The summed E-state index contributed by atoms with van der Waals surface area (Å²) in [6.07, 6.45) is 0. The van der Waals surface area contributed by atoms with Crippen LogP contribution in [-0.4, -0.2) is 53.4 Å². The molecule has 0 amide bonds. The van der Waals surface area contributed by atoms with Crippen LogP contribution >= 0.6 is 0 Å². The number of nitrogen functional groups attached to an aromatic ring is 1. The van der Waals surface area contributed by atoms with Crippen molar-refractivity contribution in [3.8, 4) is 0 Å². The van der Waals surface area contributed by atoms with Crippen molar-refractivity contribution >= 4 is 11.8 Å². The van der Waals surface area contributed by atoms with Crippen molar-refractivity contribution in [2.75, 3.05) is 37.6 Å². The highest BCUT2D eigenvalue weighted by Crippen LogP contribution is 2.12. The van der Waals surface area contributed by atoms with Gasteiger partial charge >= 0.3 is 0 Å². The van der Waals surface area contributed by atoms with Crippen molar-refractivity contribution in [1.29, 1.82) is 5.41 Å². The van der Waals surface area contributed by atoms with Gasteiger partial charge in [-0.3, -0.25) is 5.41 Å². The summed E-state index contributed by atoms with van der Waals surface area (Å²) in [5.41, 5.74) is 6.85. The molecule has 1 saturated heterocycles. The SMILES string of the molecule is CCN1CCN(c2nc(C)cc(C(=N)N)n2)CC1. The first-order valence-corrected chi connectivity index (χ1v) is 6.27. The zero-order chi connectivity index (χ0) is 13.1. The lowest BCUT2D eigenvalue weighted by Gasteiger charge is -2.34. The highest BCUT2D eigenvalue weighted by atomic mass is 15.3. The van der Waals surface area contributed by atoms with E-state index in [2.05, 4.69) is 26.7 Å². The highest BCUT2D eigenvalue weighted by molar-refractivity contribution is 5.93. The molecule has 1 aliphatic rings. The number of piperazine rings is 1. The van der Waals surface area contributed by atoms with Crippen LogP contribution in [0, 0.1) is 12.3 Å². The van der Waals surface area contributed by atoms with Crippen LogP contribution in [0.3, 0.4) is 0 Å². The summed E-state index contributed by atoms with van der Waals surface area (Å²) in [7, 11) is 0. The Labute approximate surface area is 107 Å². The van der Waals surface area contributed by atoms with Crippen LogP contribution in [0.4, 0.5) is 5.95 Å². The minimum absolute atomic E-state index is 0.00561. The molecule has 2 rings (SSSR count). The average molecular weight is 248 g/mol. The molecule has 6 nitrogen and oxygen atoms in total. The van der Waals surface area contributed by atoms with Crippen molar-refractivity contribution < 1.29 is 0 Å². The fourth-order valence-corrected chi connectivity index (χ4v) is 2.10. The summed E-state index contributed by atoms with van der Waals surface area (Å²) in [5, 5.41) is 7.47. The number of hydrogen-bond donors (Lipinski definition) is 2. The summed E-state index contributed by atoms with van der Waals surface area (Å²) in [4.78, 5) is 13.3. The molecule has 1 aliphatic heterocycles. The molecule has 0 radical (unpaired) electrons. The van der Waals surface area contributed by atoms with Crippen LogP contribution < -0.4 is 10.6 Å². The summed E-state index contributed by atoms with van der Waals surface area (Å²) >= 11 is 0. The number of nitrogens with one attached hydrogen (secondary N) is 1. The monoisotopic (exact) mass is 248 g/mol. The number of aromatic nitrogens is 2. The van der Waals surface area contributed by atoms with E-state index >= 15 is 0 Å². The zero-order valence-corrected chi connectivity index (χ0v) is 11.0. The van der Waals surface area contributed by atoms with Crippen molar-refractivity contribution in [3.05, 3.63) is 17.5 Å². The molecule has 0 aromatic carbocycles. The third-order valence-corrected chi connectivity index (χ3v) is 3.22. The number of nitrogens with zero attached hydrogens (tertiary/aromatic N) is 4. The van der Waals surface area contributed by atoms with Crippen LogP contribution in [0.15, 0.2) is 6.07 Å². The Morgan fingerprint density at radius 2 is 2.00 bits per heavy atom. The van der Waals surface area contributed by atoms with E-state index in [1.54, 1.807) is 6.07 Å². The van der Waals surface area contributed by atoms with Gasteiger partial charge in [-0.2, -0.15) is 0 Å². The Morgan fingerprint density at radius 3 is 2.56 bits per heavy atom. The number of rotatable bonds is 3. The molecule has 0 aliphatic carbocycles. The molecule has 6 heteroatoms. The lowest BCUT2D eigenvalue weighted by atomic mass is 10.3. The van der Waals surface area contributed by atoms with Gasteiger partial charge in [0.05, 0.1) is 0 Å². The molecular formula is C12H20N6. The van der Waals surface area contributed by atoms with Crippen molar-refractivity contribution in [3.63, 3.8) is 0 Å². The van der Waals surface area contributed by atoms with Gasteiger partial charge in [0.2, 0.25) is 5.95 Å². The standard InChI is InChI=1S/C12H20N6/c1-3-17-4-6-18(7-5-17)12-15-9(2)8-10(16-12)11(13)14/h8H,3-7H2,1-2H3,(H3,13,14). The van der Waals surface area contributed by atoms with E-state index < -0.39 is 0 Å². The summed E-state index contributed by atoms with van der Waals surface area (Å²) in [6, 6.07) is 1.74. The third kappa shape index (κ3) is 2.76. The van der Waals surface area contributed by atoms with Gasteiger partial charge in [-0.1, -0.05) is 6.92 Å². The molecule has 0 bridgehead atoms. The minimum Gasteiger partial charge on any atom is -0.382 e. The van der Waals surface area contributed by atoms with Gasteiger partial charge in [-0.15, -0.1) is 0 Å². The molecule has 0 spiro atoms. The number of likely N-dealkylation sites (N-methyl/N-ethyl adjacent to an activating group) is 1. The van der Waals surface area contributed by atoms with Gasteiger partial charge in [-0.05, 0) is 19.5 Å². The fraction of sp³-hybridized carbons (Fsp3) is 0.583. The quantitative estimate of drug-likeness (QED) is 0.590. The fourth-order valence-electron chi connectivity index (χ4n) is 2.10. The maximum Gasteiger partial charge on any atom is 0.226 e. The normalized spacial score (nSPS) is 16.9. The Kier molecular flexibility index (Phi) is 3.76. The van der Waals surface area contributed by atoms with Crippen molar-refractivity contribution in [2.45, 2.75) is 13.8 Å². The first-order chi connectivity index (χ1) is 8.60. The molecule has 2 heterocycles. The largest absolute Gasteiger partial charge is 0.382 e.